The van der Waals surface area contributed by atoms with Crippen molar-refractivity contribution in [3.05, 3.63) is 87.1 Å². The van der Waals surface area contributed by atoms with Crippen LogP contribution in [-0.2, 0) is 4.74 Å². The Morgan fingerprint density at radius 2 is 2.09 bits per heavy atom. The first-order chi connectivity index (χ1) is 15.1. The molecule has 0 saturated carbocycles. The van der Waals surface area contributed by atoms with Crippen LogP contribution in [0.5, 0.6) is 0 Å². The van der Waals surface area contributed by atoms with Gasteiger partial charge in [-0.15, -0.1) is 0 Å². The maximum absolute atomic E-state index is 6.13. The Balaban J connectivity index is 2.49. The molecule has 0 saturated heterocycles. The highest BCUT2D eigenvalue weighted by Gasteiger charge is 2.22. The molecule has 2 rings (SSSR count). The minimum atomic E-state index is -0.0179. The number of ether oxygens (including phenoxy) is 1. The van der Waals surface area contributed by atoms with Crippen molar-refractivity contribution >= 4 is 39.4 Å². The standard InChI is InChI=1S/C27H35ClN2OS/c1-10-17(3)14-23(22-15-18(4)19(5)25(16-22)32(9)11-2)20(6)29-24-12-13-26(28)30-27(24)21(7)31-8/h10,12-15,20,29H,4,7,9,11,16H2,1-3,5-6,8H3/b17-10-,23-14-. The van der Waals surface area contributed by atoms with E-state index in [0.29, 0.717) is 16.6 Å². The zero-order chi connectivity index (χ0) is 24.0. The van der Waals surface area contributed by atoms with E-state index in [1.807, 2.05) is 6.07 Å². The average molecular weight is 471 g/mol. The van der Waals surface area contributed by atoms with Crippen molar-refractivity contribution in [3.8, 4) is 0 Å². The number of aromatic nitrogens is 1. The first-order valence-electron chi connectivity index (χ1n) is 10.7. The van der Waals surface area contributed by atoms with Crippen LogP contribution in [0.25, 0.3) is 5.76 Å². The Bertz CT molecular complexity index is 1060. The zero-order valence-corrected chi connectivity index (χ0v) is 21.7. The van der Waals surface area contributed by atoms with E-state index in [1.165, 1.54) is 27.2 Å². The maximum Gasteiger partial charge on any atom is 0.139 e. The van der Waals surface area contributed by atoms with Gasteiger partial charge in [0.25, 0.3) is 0 Å². The molecule has 0 aromatic carbocycles. The summed E-state index contributed by atoms with van der Waals surface area (Å²) in [4.78, 5) is 5.81. The molecule has 0 spiro atoms. The molecule has 172 valence electrons. The predicted octanol–water partition coefficient (Wildman–Crippen LogP) is 7.93. The van der Waals surface area contributed by atoms with Crippen molar-refractivity contribution in [2.75, 3.05) is 18.2 Å². The summed E-state index contributed by atoms with van der Waals surface area (Å²) < 4.78 is 5.34. The lowest BCUT2D eigenvalue weighted by atomic mass is 9.87. The first-order valence-corrected chi connectivity index (χ1v) is 12.7. The molecule has 1 aliphatic carbocycles. The van der Waals surface area contributed by atoms with Gasteiger partial charge >= 0.3 is 0 Å². The van der Waals surface area contributed by atoms with Crippen LogP contribution in [0.3, 0.4) is 0 Å². The van der Waals surface area contributed by atoms with E-state index in [1.54, 1.807) is 13.2 Å². The Labute approximate surface area is 201 Å². The topological polar surface area (TPSA) is 34.2 Å². The molecule has 1 aliphatic rings. The van der Waals surface area contributed by atoms with Gasteiger partial charge in [-0.05, 0) is 72.8 Å². The molecule has 5 heteroatoms. The highest BCUT2D eigenvalue weighted by molar-refractivity contribution is 8.17. The fourth-order valence-corrected chi connectivity index (χ4v) is 4.95. The van der Waals surface area contributed by atoms with E-state index in [4.69, 9.17) is 16.3 Å². The highest BCUT2D eigenvalue weighted by atomic mass is 35.5. The van der Waals surface area contributed by atoms with Crippen molar-refractivity contribution in [2.45, 2.75) is 47.1 Å². The Hall–Kier alpha value is -2.30. The van der Waals surface area contributed by atoms with Gasteiger partial charge in [0.15, 0.2) is 0 Å². The molecule has 0 amide bonds. The van der Waals surface area contributed by atoms with Crippen molar-refractivity contribution in [3.63, 3.8) is 0 Å². The van der Waals surface area contributed by atoms with Crippen LogP contribution in [0.4, 0.5) is 5.69 Å². The number of methoxy groups -OCH3 is 1. The molecule has 1 aromatic heterocycles. The Morgan fingerprint density at radius 1 is 1.41 bits per heavy atom. The Kier molecular flexibility index (Phi) is 9.35. The average Bonchev–Trinajstić information content (AvgIpc) is 2.78. The quantitative estimate of drug-likeness (QED) is 0.172. The van der Waals surface area contributed by atoms with Crippen molar-refractivity contribution in [2.24, 2.45) is 0 Å². The number of pyridine rings is 1. The second-order valence-electron chi connectivity index (χ2n) is 7.86. The molecule has 1 aromatic rings. The molecule has 2 unspecified atom stereocenters. The normalized spacial score (nSPS) is 17.1. The number of nitrogens with one attached hydrogen (secondary N) is 1. The third-order valence-corrected chi connectivity index (χ3v) is 7.77. The summed E-state index contributed by atoms with van der Waals surface area (Å²) in [6, 6.07) is 3.69. The summed E-state index contributed by atoms with van der Waals surface area (Å²) in [6.45, 7) is 19.0. The SMILES string of the molecule is C=C1C=C(/C(=C\C(C)=C/C)C(C)Nc2ccc(Cl)nc2C(=C)OC)CC(S(=C)CC)=C1C. The lowest BCUT2D eigenvalue weighted by Crippen LogP contribution is -2.22. The molecule has 2 atom stereocenters. The van der Waals surface area contributed by atoms with Gasteiger partial charge in [-0.1, -0.05) is 61.4 Å². The van der Waals surface area contributed by atoms with Crippen LogP contribution < -0.4 is 5.32 Å². The molecular weight excluding hydrogens is 436 g/mol. The summed E-state index contributed by atoms with van der Waals surface area (Å²) >= 11 is 6.13. The van der Waals surface area contributed by atoms with E-state index in [-0.39, 0.29) is 16.5 Å². The zero-order valence-electron chi connectivity index (χ0n) is 20.1. The molecule has 0 aliphatic heterocycles. The van der Waals surface area contributed by atoms with Gasteiger partial charge < -0.3 is 10.1 Å². The summed E-state index contributed by atoms with van der Waals surface area (Å²) in [5.74, 6) is 5.91. The van der Waals surface area contributed by atoms with Crippen LogP contribution in [0.15, 0.2) is 76.3 Å². The van der Waals surface area contributed by atoms with E-state index in [0.717, 1.165) is 23.4 Å². The van der Waals surface area contributed by atoms with Crippen LogP contribution in [0.2, 0.25) is 5.15 Å². The maximum atomic E-state index is 6.13. The molecular formula is C27H35ClN2OS. The van der Waals surface area contributed by atoms with Gasteiger partial charge in [0.1, 0.15) is 16.6 Å². The van der Waals surface area contributed by atoms with Crippen LogP contribution in [0, 0.1) is 0 Å². The lowest BCUT2D eigenvalue weighted by Gasteiger charge is -2.28. The number of nitrogens with zero attached hydrogens (tertiary/aromatic N) is 1. The number of allylic oxidation sites excluding steroid dienone is 7. The van der Waals surface area contributed by atoms with Gasteiger partial charge in [-0.2, -0.15) is 10.5 Å². The molecule has 1 heterocycles. The molecule has 0 fully saturated rings. The highest BCUT2D eigenvalue weighted by Crippen LogP contribution is 2.41. The third kappa shape index (κ3) is 6.14. The summed E-state index contributed by atoms with van der Waals surface area (Å²) in [7, 11) is 1.56. The van der Waals surface area contributed by atoms with Gasteiger partial charge in [0.05, 0.1) is 12.8 Å². The van der Waals surface area contributed by atoms with Crippen LogP contribution in [-0.4, -0.2) is 29.8 Å². The second-order valence-corrected chi connectivity index (χ2v) is 10.3. The van der Waals surface area contributed by atoms with Crippen LogP contribution >= 0.6 is 22.1 Å². The van der Waals surface area contributed by atoms with Gasteiger partial charge in [-0.3, -0.25) is 0 Å². The van der Waals surface area contributed by atoms with Crippen molar-refractivity contribution in [1.82, 2.24) is 4.98 Å². The summed E-state index contributed by atoms with van der Waals surface area (Å²) in [6.07, 6.45) is 7.47. The third-order valence-electron chi connectivity index (χ3n) is 5.72. The minimum absolute atomic E-state index is 0.00297. The van der Waals surface area contributed by atoms with E-state index in [2.05, 4.69) is 82.2 Å². The van der Waals surface area contributed by atoms with Crippen LogP contribution in [0.1, 0.15) is 46.7 Å². The largest absolute Gasteiger partial charge is 0.495 e. The summed E-state index contributed by atoms with van der Waals surface area (Å²) in [5.41, 5.74) is 7.45. The number of hydrogen-bond acceptors (Lipinski definition) is 3. The minimum Gasteiger partial charge on any atom is -0.495 e. The fourth-order valence-electron chi connectivity index (χ4n) is 3.53. The van der Waals surface area contributed by atoms with Crippen molar-refractivity contribution < 1.29 is 4.74 Å². The van der Waals surface area contributed by atoms with Gasteiger partial charge in [0.2, 0.25) is 0 Å². The molecule has 1 N–H and O–H groups in total. The Morgan fingerprint density at radius 3 is 2.69 bits per heavy atom. The number of rotatable bonds is 9. The number of halogens is 1. The van der Waals surface area contributed by atoms with Gasteiger partial charge in [0, 0.05) is 12.5 Å². The predicted molar refractivity (Wildman–Crippen MR) is 146 cm³/mol. The van der Waals surface area contributed by atoms with E-state index in [9.17, 15) is 0 Å². The fraction of sp³-hybridized carbons (Fsp3) is 0.333. The van der Waals surface area contributed by atoms with Crippen molar-refractivity contribution in [1.29, 1.82) is 0 Å². The molecule has 3 nitrogen and oxygen atoms in total. The van der Waals surface area contributed by atoms with Gasteiger partial charge in [-0.25, -0.2) is 4.98 Å². The second kappa shape index (κ2) is 11.5. The monoisotopic (exact) mass is 470 g/mol. The van der Waals surface area contributed by atoms with E-state index < -0.39 is 0 Å². The number of anilines is 1. The number of hydrogen-bond donors (Lipinski definition) is 1. The summed E-state index contributed by atoms with van der Waals surface area (Å²) in [5, 5.41) is 4.01. The molecule has 0 radical (unpaired) electrons. The van der Waals surface area contributed by atoms with E-state index >= 15 is 0 Å². The smallest absolute Gasteiger partial charge is 0.139 e. The molecule has 0 bridgehead atoms. The first kappa shape index (κ1) is 26.0. The molecule has 32 heavy (non-hydrogen) atoms. The lowest BCUT2D eigenvalue weighted by molar-refractivity contribution is 0.370.